The van der Waals surface area contributed by atoms with Crippen LogP contribution in [0.15, 0.2) is 40.6 Å². The molecule has 2 N–H and O–H groups in total. The second-order valence-electron chi connectivity index (χ2n) is 4.37. The molecule has 5 heteroatoms. The summed E-state index contributed by atoms with van der Waals surface area (Å²) in [5.41, 5.74) is 1.10. The van der Waals surface area contributed by atoms with Crippen LogP contribution in [0.1, 0.15) is 39.7 Å². The van der Waals surface area contributed by atoms with Crippen LogP contribution in [0.25, 0.3) is 0 Å². The van der Waals surface area contributed by atoms with Crippen molar-refractivity contribution >= 4 is 21.8 Å². The minimum absolute atomic E-state index is 0.166. The van der Waals surface area contributed by atoms with E-state index in [1.807, 2.05) is 18.7 Å². The monoisotopic (exact) mass is 315 g/mol. The van der Waals surface area contributed by atoms with Crippen LogP contribution in [0.2, 0.25) is 0 Å². The summed E-state index contributed by atoms with van der Waals surface area (Å²) in [4.78, 5) is 0.166. The predicted molar refractivity (Wildman–Crippen MR) is 89.4 cm³/mol. The molecule has 0 aliphatic carbocycles. The van der Waals surface area contributed by atoms with Crippen LogP contribution in [-0.4, -0.2) is 13.7 Å². The molecule has 1 atom stereocenters. The summed E-state index contributed by atoms with van der Waals surface area (Å²) in [7, 11) is -3.53. The van der Waals surface area contributed by atoms with Crippen LogP contribution in [-0.2, 0) is 16.4 Å². The molecule has 20 heavy (non-hydrogen) atoms. The second-order valence-corrected chi connectivity index (χ2v) is 7.28. The molecule has 3 nitrogen and oxygen atoms in total. The maximum atomic E-state index is 10.8. The Morgan fingerprint density at radius 3 is 2.15 bits per heavy atom. The van der Waals surface area contributed by atoms with E-state index in [0.717, 1.165) is 17.2 Å². The van der Waals surface area contributed by atoms with Crippen LogP contribution in [0.5, 0.6) is 0 Å². The molecule has 0 fully saturated rings. The van der Waals surface area contributed by atoms with E-state index in [2.05, 4.69) is 32.3 Å². The fraction of sp³-hybridized carbons (Fsp3) is 0.467. The molecule has 0 aromatic heterocycles. The zero-order valence-electron chi connectivity index (χ0n) is 12.7. The van der Waals surface area contributed by atoms with Crippen molar-refractivity contribution in [2.24, 2.45) is 5.14 Å². The quantitative estimate of drug-likeness (QED) is 0.895. The smallest absolute Gasteiger partial charge is 0.225 e. The van der Waals surface area contributed by atoms with Gasteiger partial charge in [0.15, 0.2) is 0 Å². The normalized spacial score (nSPS) is 12.8. The zero-order valence-corrected chi connectivity index (χ0v) is 14.3. The van der Waals surface area contributed by atoms with Crippen molar-refractivity contribution in [2.45, 2.75) is 50.7 Å². The summed E-state index contributed by atoms with van der Waals surface area (Å²) in [5, 5.41) is 7.85. The van der Waals surface area contributed by atoms with Gasteiger partial charge in [0.05, 0.1) is 4.90 Å². The summed E-state index contributed by atoms with van der Waals surface area (Å²) in [5.74, 6) is 0. The van der Waals surface area contributed by atoms with Gasteiger partial charge in [-0.3, -0.25) is 0 Å². The van der Waals surface area contributed by atoms with Crippen LogP contribution >= 0.6 is 11.8 Å². The summed E-state index contributed by atoms with van der Waals surface area (Å²) in [6.45, 7) is 8.51. The fourth-order valence-electron chi connectivity index (χ4n) is 1.22. The lowest BCUT2D eigenvalue weighted by Crippen LogP contribution is -2.11. The van der Waals surface area contributed by atoms with Gasteiger partial charge in [-0.15, -0.1) is 11.8 Å². The van der Waals surface area contributed by atoms with E-state index in [-0.39, 0.29) is 4.90 Å². The minimum Gasteiger partial charge on any atom is -0.225 e. The van der Waals surface area contributed by atoms with Gasteiger partial charge in [-0.2, -0.15) is 0 Å². The lowest BCUT2D eigenvalue weighted by Gasteiger charge is -2.00. The largest absolute Gasteiger partial charge is 0.238 e. The van der Waals surface area contributed by atoms with Crippen LogP contribution in [0, 0.1) is 0 Å². The van der Waals surface area contributed by atoms with Crippen molar-refractivity contribution in [1.29, 1.82) is 0 Å². The molecule has 114 valence electrons. The summed E-state index contributed by atoms with van der Waals surface area (Å²) >= 11 is 1.90. The standard InChI is InChI=1S/C8H11NO2S.C7H14S/c1-2-7-3-5-8(6-4-7)12(9,10)11;1-4-6-8-7(3)5-2/h3-6H,2H2,1H3,(H2,9,10,11);4,6-7H,5H2,1-3H3/b;6-4-. The Kier molecular flexibility index (Phi) is 9.63. The average molecular weight is 316 g/mol. The van der Waals surface area contributed by atoms with Crippen molar-refractivity contribution in [3.05, 3.63) is 41.3 Å². The minimum atomic E-state index is -3.53. The summed E-state index contributed by atoms with van der Waals surface area (Å²) < 4.78 is 21.6. The Morgan fingerprint density at radius 2 is 1.80 bits per heavy atom. The first kappa shape index (κ1) is 19.2. The van der Waals surface area contributed by atoms with Gasteiger partial charge >= 0.3 is 0 Å². The SMILES string of the molecule is C/C=C\SC(C)CC.CCc1ccc(S(N)(=O)=O)cc1. The molecule has 0 spiro atoms. The number of hydrogen-bond donors (Lipinski definition) is 1. The number of hydrogen-bond acceptors (Lipinski definition) is 3. The number of primary sulfonamides is 1. The van der Waals surface area contributed by atoms with E-state index in [1.165, 1.54) is 18.6 Å². The van der Waals surface area contributed by atoms with Crippen molar-refractivity contribution in [3.63, 3.8) is 0 Å². The van der Waals surface area contributed by atoms with Crippen molar-refractivity contribution in [3.8, 4) is 0 Å². The van der Waals surface area contributed by atoms with Crippen molar-refractivity contribution in [2.75, 3.05) is 0 Å². The molecule has 0 amide bonds. The van der Waals surface area contributed by atoms with Gasteiger partial charge in [0, 0.05) is 5.25 Å². The maximum absolute atomic E-state index is 10.8. The number of benzene rings is 1. The highest BCUT2D eigenvalue weighted by atomic mass is 32.2. The van der Waals surface area contributed by atoms with E-state index in [0.29, 0.717) is 0 Å². The topological polar surface area (TPSA) is 60.2 Å². The second kappa shape index (κ2) is 10.0. The van der Waals surface area contributed by atoms with Crippen LogP contribution < -0.4 is 5.14 Å². The van der Waals surface area contributed by atoms with Gasteiger partial charge in [-0.1, -0.05) is 39.0 Å². The van der Waals surface area contributed by atoms with Gasteiger partial charge in [0.2, 0.25) is 10.0 Å². The van der Waals surface area contributed by atoms with E-state index in [9.17, 15) is 8.42 Å². The van der Waals surface area contributed by atoms with E-state index in [4.69, 9.17) is 5.14 Å². The Labute approximate surface area is 127 Å². The van der Waals surface area contributed by atoms with Gasteiger partial charge < -0.3 is 0 Å². The molecule has 0 radical (unpaired) electrons. The first-order chi connectivity index (χ1) is 9.35. The average Bonchev–Trinajstić information content (AvgIpc) is 2.44. The first-order valence-corrected chi connectivity index (χ1v) is 9.22. The third kappa shape index (κ3) is 8.40. The molecule has 1 aromatic carbocycles. The Balaban J connectivity index is 0.000000396. The predicted octanol–water partition coefficient (Wildman–Crippen LogP) is 3.95. The molecular weight excluding hydrogens is 290 g/mol. The Morgan fingerprint density at radius 1 is 1.25 bits per heavy atom. The molecule has 0 bridgehead atoms. The van der Waals surface area contributed by atoms with E-state index in [1.54, 1.807) is 12.1 Å². The third-order valence-corrected chi connectivity index (χ3v) is 4.84. The molecule has 1 unspecified atom stereocenters. The summed E-state index contributed by atoms with van der Waals surface area (Å²) in [6.07, 6.45) is 4.23. The number of thioether (sulfide) groups is 1. The molecule has 1 aromatic rings. The third-order valence-electron chi connectivity index (χ3n) is 2.68. The number of sulfonamides is 1. The zero-order chi connectivity index (χ0) is 15.6. The van der Waals surface area contributed by atoms with Gasteiger partial charge in [-0.25, -0.2) is 13.6 Å². The van der Waals surface area contributed by atoms with E-state index >= 15 is 0 Å². The highest BCUT2D eigenvalue weighted by Gasteiger charge is 2.05. The molecule has 0 saturated heterocycles. The lowest BCUT2D eigenvalue weighted by atomic mass is 10.2. The molecule has 0 heterocycles. The number of rotatable bonds is 5. The lowest BCUT2D eigenvalue weighted by molar-refractivity contribution is 0.598. The van der Waals surface area contributed by atoms with E-state index < -0.39 is 10.0 Å². The molecular formula is C15H25NO2S2. The summed E-state index contributed by atoms with van der Waals surface area (Å²) in [6, 6.07) is 6.57. The van der Waals surface area contributed by atoms with Crippen molar-refractivity contribution < 1.29 is 8.42 Å². The highest BCUT2D eigenvalue weighted by molar-refractivity contribution is 8.02. The van der Waals surface area contributed by atoms with Gasteiger partial charge in [0.1, 0.15) is 0 Å². The number of nitrogens with two attached hydrogens (primary N) is 1. The van der Waals surface area contributed by atoms with Gasteiger partial charge in [-0.05, 0) is 42.9 Å². The fourth-order valence-corrected chi connectivity index (χ4v) is 2.36. The van der Waals surface area contributed by atoms with Gasteiger partial charge in [0.25, 0.3) is 0 Å². The molecule has 0 aliphatic heterocycles. The van der Waals surface area contributed by atoms with Crippen LogP contribution in [0.3, 0.4) is 0 Å². The first-order valence-electron chi connectivity index (χ1n) is 6.73. The van der Waals surface area contributed by atoms with Crippen LogP contribution in [0.4, 0.5) is 0 Å². The molecule has 0 aliphatic rings. The highest BCUT2D eigenvalue weighted by Crippen LogP contribution is 2.13. The number of allylic oxidation sites excluding steroid dienone is 1. The number of aryl methyl sites for hydroxylation is 1. The Bertz CT molecular complexity index is 493. The Hall–Kier alpha value is -0.780. The maximum Gasteiger partial charge on any atom is 0.238 e. The molecule has 1 rings (SSSR count). The van der Waals surface area contributed by atoms with Crippen molar-refractivity contribution in [1.82, 2.24) is 0 Å². The molecule has 0 saturated carbocycles.